The van der Waals surface area contributed by atoms with E-state index in [1.165, 1.54) is 16.8 Å². The Morgan fingerprint density at radius 3 is 2.05 bits per heavy atom. The lowest BCUT2D eigenvalue weighted by Crippen LogP contribution is -2.44. The molecule has 4 atom stereocenters. The molecule has 112 valence electrons. The largest absolute Gasteiger partial charge is 0.545 e. The van der Waals surface area contributed by atoms with Crippen molar-refractivity contribution in [1.82, 2.24) is 0 Å². The first kappa shape index (κ1) is 12.5. The molecule has 1 aromatic rings. The van der Waals surface area contributed by atoms with Gasteiger partial charge in [0.1, 0.15) is 0 Å². The molecule has 22 heavy (non-hydrogen) atoms. The number of carbonyl (C=O) groups excluding carboxylic acids is 1. The first-order chi connectivity index (χ1) is 10.7. The smallest absolute Gasteiger partial charge is 0.0715 e. The van der Waals surface area contributed by atoms with Crippen LogP contribution in [0.5, 0.6) is 0 Å². The van der Waals surface area contributed by atoms with E-state index in [4.69, 9.17) is 0 Å². The topological polar surface area (TPSA) is 43.4 Å². The maximum atomic E-state index is 11.5. The third kappa shape index (κ3) is 1.54. The number of hydrogen-bond donors (Lipinski definition) is 0. The highest BCUT2D eigenvalue weighted by molar-refractivity contribution is 5.88. The Balaban J connectivity index is 1.77. The predicted octanol–water partition coefficient (Wildman–Crippen LogP) is 2.20. The summed E-state index contributed by atoms with van der Waals surface area (Å²) in [5, 5.41) is 11.5. The molecular weight excluding hydrogens is 274 g/mol. The molecule has 0 aromatic heterocycles. The Bertz CT molecular complexity index is 682. The van der Waals surface area contributed by atoms with Crippen LogP contribution in [-0.2, 0) is 0 Å². The van der Waals surface area contributed by atoms with Crippen LogP contribution in [-0.4, -0.2) is 19.1 Å². The maximum Gasteiger partial charge on any atom is 0.0715 e. The molecule has 0 saturated carbocycles. The molecule has 1 aromatic carbocycles. The fourth-order valence-corrected chi connectivity index (χ4v) is 4.99. The molecule has 2 aliphatic carbocycles. The lowest BCUT2D eigenvalue weighted by molar-refractivity contribution is -0.255. The van der Waals surface area contributed by atoms with Crippen LogP contribution in [0.25, 0.3) is 0 Å². The summed E-state index contributed by atoms with van der Waals surface area (Å²) >= 11 is 0. The standard InChI is InChI=1S/C19H19NO2/c21-19(22)13-7-16-14-5-1-3-11(14)9-20-10-12-4-2-6-15(12)17(8-13)18(16)20/h1-2,5-8,11-12,14-15H,3-4,9-10H2,(H,21,22)/p-1/t11-,12+,14+,15-. The molecule has 2 heterocycles. The number of fused-ring (bicyclic) bond motifs is 4. The zero-order chi connectivity index (χ0) is 14.8. The highest BCUT2D eigenvalue weighted by Crippen LogP contribution is 2.53. The van der Waals surface area contributed by atoms with Crippen LogP contribution in [0.15, 0.2) is 36.4 Å². The van der Waals surface area contributed by atoms with E-state index < -0.39 is 5.97 Å². The second kappa shape index (κ2) is 4.25. The minimum Gasteiger partial charge on any atom is -0.545 e. The van der Waals surface area contributed by atoms with Crippen molar-refractivity contribution in [2.45, 2.75) is 24.7 Å². The summed E-state index contributed by atoms with van der Waals surface area (Å²) in [6.07, 6.45) is 11.3. The summed E-state index contributed by atoms with van der Waals surface area (Å²) in [5.41, 5.74) is 4.07. The molecule has 0 bridgehead atoms. The van der Waals surface area contributed by atoms with Crippen LogP contribution in [0.1, 0.15) is 46.2 Å². The highest BCUT2D eigenvalue weighted by Gasteiger charge is 2.42. The van der Waals surface area contributed by atoms with Crippen molar-refractivity contribution >= 4 is 11.7 Å². The second-order valence-corrected chi connectivity index (χ2v) is 7.10. The molecule has 0 saturated heterocycles. The van der Waals surface area contributed by atoms with Crippen molar-refractivity contribution in [3.63, 3.8) is 0 Å². The fraction of sp³-hybridized carbons (Fsp3) is 0.421. The van der Waals surface area contributed by atoms with Gasteiger partial charge in [0, 0.05) is 30.6 Å². The fourth-order valence-electron chi connectivity index (χ4n) is 4.99. The van der Waals surface area contributed by atoms with E-state index >= 15 is 0 Å². The number of carboxylic acids is 1. The van der Waals surface area contributed by atoms with Gasteiger partial charge in [0.05, 0.1) is 5.97 Å². The molecule has 0 spiro atoms. The summed E-state index contributed by atoms with van der Waals surface area (Å²) in [7, 11) is 0. The first-order valence-corrected chi connectivity index (χ1v) is 8.20. The zero-order valence-corrected chi connectivity index (χ0v) is 12.4. The molecule has 3 heteroatoms. The van der Waals surface area contributed by atoms with E-state index in [0.29, 0.717) is 29.2 Å². The summed E-state index contributed by atoms with van der Waals surface area (Å²) < 4.78 is 0. The Hall–Kier alpha value is -2.03. The lowest BCUT2D eigenvalue weighted by atomic mass is 9.74. The van der Waals surface area contributed by atoms with Crippen LogP contribution < -0.4 is 10.0 Å². The first-order valence-electron chi connectivity index (χ1n) is 8.20. The number of nitrogens with zero attached hydrogens (tertiary/aromatic N) is 1. The third-order valence-electron chi connectivity index (χ3n) is 5.93. The number of carboxylic acid groups (broad SMARTS) is 1. The van der Waals surface area contributed by atoms with E-state index in [-0.39, 0.29) is 0 Å². The van der Waals surface area contributed by atoms with E-state index in [9.17, 15) is 9.90 Å². The highest BCUT2D eigenvalue weighted by atomic mass is 16.4. The molecule has 0 radical (unpaired) electrons. The van der Waals surface area contributed by atoms with Gasteiger partial charge in [-0.25, -0.2) is 0 Å². The van der Waals surface area contributed by atoms with E-state index in [2.05, 4.69) is 29.2 Å². The maximum absolute atomic E-state index is 11.5. The van der Waals surface area contributed by atoms with Gasteiger partial charge in [0.25, 0.3) is 0 Å². The van der Waals surface area contributed by atoms with Crippen LogP contribution >= 0.6 is 0 Å². The van der Waals surface area contributed by atoms with E-state index in [1.807, 2.05) is 12.1 Å². The number of rotatable bonds is 1. The predicted molar refractivity (Wildman–Crippen MR) is 83.0 cm³/mol. The van der Waals surface area contributed by atoms with E-state index in [0.717, 1.165) is 25.9 Å². The number of aromatic carboxylic acids is 1. The number of anilines is 1. The van der Waals surface area contributed by atoms with Crippen molar-refractivity contribution in [2.75, 3.05) is 18.0 Å². The molecule has 0 amide bonds. The quantitative estimate of drug-likeness (QED) is 0.745. The van der Waals surface area contributed by atoms with Crippen LogP contribution in [0.2, 0.25) is 0 Å². The molecule has 3 nitrogen and oxygen atoms in total. The average molecular weight is 292 g/mol. The molecule has 0 unspecified atom stereocenters. The number of allylic oxidation sites excluding steroid dienone is 4. The summed E-state index contributed by atoms with van der Waals surface area (Å²) in [5.74, 6) is 0.905. The zero-order valence-electron chi connectivity index (χ0n) is 12.4. The van der Waals surface area contributed by atoms with Gasteiger partial charge in [-0.1, -0.05) is 24.3 Å². The Kier molecular flexibility index (Phi) is 2.42. The number of hydrogen-bond acceptors (Lipinski definition) is 3. The number of benzene rings is 1. The Morgan fingerprint density at radius 2 is 1.55 bits per heavy atom. The van der Waals surface area contributed by atoms with Crippen LogP contribution in [0.3, 0.4) is 0 Å². The summed E-state index contributed by atoms with van der Waals surface area (Å²) in [6, 6.07) is 3.74. The lowest BCUT2D eigenvalue weighted by Gasteiger charge is -2.46. The van der Waals surface area contributed by atoms with Gasteiger partial charge in [0.15, 0.2) is 0 Å². The molecule has 0 N–H and O–H groups in total. The van der Waals surface area contributed by atoms with Gasteiger partial charge in [0.2, 0.25) is 0 Å². The average Bonchev–Trinajstić information content (AvgIpc) is 3.15. The second-order valence-electron chi connectivity index (χ2n) is 7.10. The van der Waals surface area contributed by atoms with Crippen LogP contribution in [0.4, 0.5) is 5.69 Å². The van der Waals surface area contributed by atoms with Gasteiger partial charge in [-0.3, -0.25) is 0 Å². The van der Waals surface area contributed by atoms with Gasteiger partial charge >= 0.3 is 0 Å². The summed E-state index contributed by atoms with van der Waals surface area (Å²) in [4.78, 5) is 14.0. The monoisotopic (exact) mass is 292 g/mol. The Labute approximate surface area is 129 Å². The van der Waals surface area contributed by atoms with Crippen molar-refractivity contribution in [1.29, 1.82) is 0 Å². The third-order valence-corrected chi connectivity index (χ3v) is 5.93. The normalized spacial score (nSPS) is 33.5. The molecule has 5 rings (SSSR count). The molecule has 0 fully saturated rings. The molecular formula is C19H18NO2-. The van der Waals surface area contributed by atoms with Gasteiger partial charge in [-0.15, -0.1) is 0 Å². The molecule has 2 aliphatic heterocycles. The van der Waals surface area contributed by atoms with Gasteiger partial charge in [-0.2, -0.15) is 0 Å². The minimum absolute atomic E-state index is 0.343. The molecule has 4 aliphatic rings. The van der Waals surface area contributed by atoms with Crippen molar-refractivity contribution in [2.24, 2.45) is 11.8 Å². The number of carbonyl (C=O) groups is 1. The van der Waals surface area contributed by atoms with Crippen LogP contribution in [0, 0.1) is 11.8 Å². The van der Waals surface area contributed by atoms with Crippen molar-refractivity contribution in [3.05, 3.63) is 53.1 Å². The van der Waals surface area contributed by atoms with Gasteiger partial charge in [-0.05, 0) is 53.5 Å². The van der Waals surface area contributed by atoms with Gasteiger partial charge < -0.3 is 14.8 Å². The minimum atomic E-state index is -1.06. The summed E-state index contributed by atoms with van der Waals surface area (Å²) in [6.45, 7) is 2.21. The SMILES string of the molecule is O=C([O-])c1cc2c3c(c1)[C@@H]1C=CC[C@H]1CN3C[C@H]1CC=C[C@H]21. The Morgan fingerprint density at radius 1 is 1.00 bits per heavy atom. The van der Waals surface area contributed by atoms with Crippen molar-refractivity contribution < 1.29 is 9.90 Å². The van der Waals surface area contributed by atoms with Crippen molar-refractivity contribution in [3.8, 4) is 0 Å². The van der Waals surface area contributed by atoms with E-state index in [1.54, 1.807) is 0 Å².